The number of benzene rings is 1. The zero-order valence-corrected chi connectivity index (χ0v) is 15.7. The molecule has 128 valence electrons. The number of guanidine groups is 1. The van der Waals surface area contributed by atoms with Gasteiger partial charge in [0.25, 0.3) is 0 Å². The standard InChI is InChI=1S/C16H23Cl2N3OS/c1-3-19-15(20-9-16(22)6-7-23-10-16)21-11(2)13-5-4-12(17)8-14(13)18/h4-5,8,11,22H,3,6-7,9-10H2,1-2H3,(H2,19,20,21). The first-order valence-corrected chi connectivity index (χ1v) is 9.64. The number of hydrogen-bond acceptors (Lipinski definition) is 3. The first-order chi connectivity index (χ1) is 10.9. The van der Waals surface area contributed by atoms with Crippen LogP contribution in [0.5, 0.6) is 0 Å². The molecule has 0 amide bonds. The van der Waals surface area contributed by atoms with Crippen molar-refractivity contribution >= 4 is 40.9 Å². The van der Waals surface area contributed by atoms with Crippen LogP contribution in [-0.4, -0.2) is 41.3 Å². The van der Waals surface area contributed by atoms with Crippen LogP contribution in [0.15, 0.2) is 23.2 Å². The van der Waals surface area contributed by atoms with Crippen molar-refractivity contribution in [3.8, 4) is 0 Å². The largest absolute Gasteiger partial charge is 0.387 e. The fourth-order valence-corrected chi connectivity index (χ4v) is 4.26. The number of halogens is 2. The zero-order valence-electron chi connectivity index (χ0n) is 13.4. The van der Waals surface area contributed by atoms with Crippen molar-refractivity contribution < 1.29 is 5.11 Å². The lowest BCUT2D eigenvalue weighted by atomic mass is 10.0. The highest BCUT2D eigenvalue weighted by Gasteiger charge is 2.31. The second kappa shape index (κ2) is 8.47. The molecule has 0 radical (unpaired) electrons. The minimum absolute atomic E-state index is 0.0230. The summed E-state index contributed by atoms with van der Waals surface area (Å²) in [4.78, 5) is 4.54. The van der Waals surface area contributed by atoms with E-state index in [1.54, 1.807) is 17.8 Å². The van der Waals surface area contributed by atoms with Crippen molar-refractivity contribution in [2.24, 2.45) is 4.99 Å². The summed E-state index contributed by atoms with van der Waals surface area (Å²) >= 11 is 14.0. The Bertz CT molecular complexity index is 562. The first kappa shape index (κ1) is 18.7. The quantitative estimate of drug-likeness (QED) is 0.544. The van der Waals surface area contributed by atoms with Crippen molar-refractivity contribution in [1.29, 1.82) is 0 Å². The molecule has 1 saturated heterocycles. The van der Waals surface area contributed by atoms with Crippen LogP contribution in [0.1, 0.15) is 31.9 Å². The van der Waals surface area contributed by atoms with Crippen LogP contribution in [-0.2, 0) is 0 Å². The van der Waals surface area contributed by atoms with Crippen LogP contribution >= 0.6 is 35.0 Å². The van der Waals surface area contributed by atoms with Gasteiger partial charge >= 0.3 is 0 Å². The monoisotopic (exact) mass is 375 g/mol. The maximum atomic E-state index is 10.4. The Morgan fingerprint density at radius 2 is 2.26 bits per heavy atom. The Kier molecular flexibility index (Phi) is 6.89. The van der Waals surface area contributed by atoms with Crippen LogP contribution in [0.25, 0.3) is 0 Å². The summed E-state index contributed by atoms with van der Waals surface area (Å²) in [6.45, 7) is 5.18. The van der Waals surface area contributed by atoms with Crippen molar-refractivity contribution in [1.82, 2.24) is 10.6 Å². The van der Waals surface area contributed by atoms with E-state index >= 15 is 0 Å². The Hall–Kier alpha value is -0.620. The first-order valence-electron chi connectivity index (χ1n) is 7.73. The van der Waals surface area contributed by atoms with Gasteiger partial charge < -0.3 is 15.7 Å². The highest BCUT2D eigenvalue weighted by atomic mass is 35.5. The summed E-state index contributed by atoms with van der Waals surface area (Å²) in [5, 5.41) is 18.2. The molecule has 1 aromatic carbocycles. The van der Waals surface area contributed by atoms with Gasteiger partial charge in [-0.2, -0.15) is 11.8 Å². The Balaban J connectivity index is 2.05. The van der Waals surface area contributed by atoms with E-state index in [4.69, 9.17) is 23.2 Å². The third kappa shape index (κ3) is 5.45. The smallest absolute Gasteiger partial charge is 0.191 e. The van der Waals surface area contributed by atoms with Gasteiger partial charge in [-0.25, -0.2) is 0 Å². The summed E-state index contributed by atoms with van der Waals surface area (Å²) in [6.07, 6.45) is 0.791. The number of rotatable bonds is 5. The number of hydrogen-bond donors (Lipinski definition) is 3. The molecule has 4 nitrogen and oxygen atoms in total. The molecule has 0 aliphatic carbocycles. The number of nitrogens with zero attached hydrogens (tertiary/aromatic N) is 1. The van der Waals surface area contributed by atoms with Crippen molar-refractivity contribution in [3.05, 3.63) is 33.8 Å². The zero-order chi connectivity index (χ0) is 16.9. The van der Waals surface area contributed by atoms with E-state index in [2.05, 4.69) is 15.6 Å². The molecular formula is C16H23Cl2N3OS. The molecule has 3 N–H and O–H groups in total. The lowest BCUT2D eigenvalue weighted by molar-refractivity contribution is 0.0778. The van der Waals surface area contributed by atoms with Crippen LogP contribution in [0.2, 0.25) is 10.0 Å². The van der Waals surface area contributed by atoms with Gasteiger partial charge in [-0.1, -0.05) is 29.3 Å². The molecule has 2 atom stereocenters. The van der Waals surface area contributed by atoms with E-state index in [0.29, 0.717) is 22.5 Å². The molecule has 1 heterocycles. The van der Waals surface area contributed by atoms with E-state index in [-0.39, 0.29) is 6.04 Å². The maximum absolute atomic E-state index is 10.4. The summed E-state index contributed by atoms with van der Waals surface area (Å²) in [5.74, 6) is 2.41. The molecule has 1 fully saturated rings. The normalized spacial score (nSPS) is 22.9. The highest BCUT2D eigenvalue weighted by molar-refractivity contribution is 7.99. The topological polar surface area (TPSA) is 56.7 Å². The lowest BCUT2D eigenvalue weighted by Gasteiger charge is -2.22. The second-order valence-electron chi connectivity index (χ2n) is 5.75. The molecule has 0 spiro atoms. The van der Waals surface area contributed by atoms with Gasteiger partial charge in [-0.05, 0) is 43.7 Å². The van der Waals surface area contributed by atoms with Gasteiger partial charge in [0.15, 0.2) is 5.96 Å². The molecule has 1 aliphatic rings. The fourth-order valence-electron chi connectivity index (χ4n) is 2.40. The van der Waals surface area contributed by atoms with Gasteiger partial charge in [0.05, 0.1) is 18.2 Å². The molecule has 23 heavy (non-hydrogen) atoms. The molecule has 2 unspecified atom stereocenters. The fraction of sp³-hybridized carbons (Fsp3) is 0.562. The molecule has 0 aromatic heterocycles. The summed E-state index contributed by atoms with van der Waals surface area (Å²) in [5.41, 5.74) is 0.269. The molecule has 0 bridgehead atoms. The average Bonchev–Trinajstić information content (AvgIpc) is 2.92. The van der Waals surface area contributed by atoms with Crippen molar-refractivity contribution in [3.63, 3.8) is 0 Å². The molecular weight excluding hydrogens is 353 g/mol. The molecule has 7 heteroatoms. The summed E-state index contributed by atoms with van der Waals surface area (Å²) in [6, 6.07) is 5.44. The van der Waals surface area contributed by atoms with Gasteiger partial charge in [0.2, 0.25) is 0 Å². The van der Waals surface area contributed by atoms with Crippen LogP contribution in [0, 0.1) is 0 Å². The van der Waals surface area contributed by atoms with E-state index in [9.17, 15) is 5.11 Å². The van der Waals surface area contributed by atoms with E-state index in [1.807, 2.05) is 26.0 Å². The predicted octanol–water partition coefficient (Wildman–Crippen LogP) is 3.48. The molecule has 2 rings (SSSR count). The third-order valence-electron chi connectivity index (χ3n) is 3.74. The predicted molar refractivity (Wildman–Crippen MR) is 101 cm³/mol. The molecule has 0 saturated carbocycles. The van der Waals surface area contributed by atoms with Gasteiger partial charge in [0.1, 0.15) is 0 Å². The van der Waals surface area contributed by atoms with Crippen molar-refractivity contribution in [2.45, 2.75) is 31.9 Å². The minimum Gasteiger partial charge on any atom is -0.387 e. The molecule has 1 aromatic rings. The van der Waals surface area contributed by atoms with E-state index in [0.717, 1.165) is 30.0 Å². The van der Waals surface area contributed by atoms with Crippen LogP contribution in [0.4, 0.5) is 0 Å². The lowest BCUT2D eigenvalue weighted by Crippen LogP contribution is -2.41. The number of nitrogens with one attached hydrogen (secondary N) is 2. The van der Waals surface area contributed by atoms with Gasteiger partial charge in [-0.15, -0.1) is 0 Å². The number of aliphatic hydroxyl groups is 1. The third-order valence-corrected chi connectivity index (χ3v) is 5.54. The summed E-state index contributed by atoms with van der Waals surface area (Å²) < 4.78 is 0. The Labute approximate surface area is 152 Å². The van der Waals surface area contributed by atoms with Gasteiger partial charge in [-0.3, -0.25) is 4.99 Å². The average molecular weight is 376 g/mol. The minimum atomic E-state index is -0.686. The van der Waals surface area contributed by atoms with Crippen LogP contribution in [0.3, 0.4) is 0 Å². The molecule has 1 aliphatic heterocycles. The van der Waals surface area contributed by atoms with E-state index in [1.165, 1.54) is 0 Å². The van der Waals surface area contributed by atoms with Crippen LogP contribution < -0.4 is 10.6 Å². The Morgan fingerprint density at radius 3 is 2.87 bits per heavy atom. The summed E-state index contributed by atoms with van der Waals surface area (Å²) in [7, 11) is 0. The number of thioether (sulfide) groups is 1. The maximum Gasteiger partial charge on any atom is 0.191 e. The second-order valence-corrected chi connectivity index (χ2v) is 7.70. The van der Waals surface area contributed by atoms with Gasteiger partial charge in [0, 0.05) is 22.3 Å². The highest BCUT2D eigenvalue weighted by Crippen LogP contribution is 2.28. The number of aliphatic imine (C=N–C) groups is 1. The van der Waals surface area contributed by atoms with Crippen molar-refractivity contribution in [2.75, 3.05) is 24.6 Å². The van der Waals surface area contributed by atoms with E-state index < -0.39 is 5.60 Å². The Morgan fingerprint density at radius 1 is 1.48 bits per heavy atom. The SMILES string of the molecule is CCNC(=NCC1(O)CCSC1)NC(C)c1ccc(Cl)cc1Cl.